The van der Waals surface area contributed by atoms with Crippen molar-refractivity contribution in [1.29, 1.82) is 0 Å². The Bertz CT molecular complexity index is 451. The molecule has 0 saturated carbocycles. The van der Waals surface area contributed by atoms with E-state index in [1.54, 1.807) is 7.11 Å². The van der Waals surface area contributed by atoms with Crippen LogP contribution in [0.2, 0.25) is 0 Å². The number of carboxylic acid groups (broad SMARTS) is 1. The summed E-state index contributed by atoms with van der Waals surface area (Å²) >= 11 is 3.47. The summed E-state index contributed by atoms with van der Waals surface area (Å²) in [6.45, 7) is 3.69. The van der Waals surface area contributed by atoms with Crippen LogP contribution in [0.5, 0.6) is 11.5 Å². The number of hydrogen-bond acceptors (Lipinski definition) is 4. The average Bonchev–Trinajstić information content (AvgIpc) is 2.41. The molecule has 0 heterocycles. The Morgan fingerprint density at radius 1 is 1.45 bits per heavy atom. The van der Waals surface area contributed by atoms with E-state index in [4.69, 9.17) is 14.6 Å². The van der Waals surface area contributed by atoms with Crippen LogP contribution in [0.25, 0.3) is 0 Å². The standard InChI is InChI=1S/C14H20BrNO4/c1-3-6-20-14-11(15)7-10(8-12(14)19-2)9-16-5-4-13(17)18/h7-8,16H,3-6,9H2,1-2H3,(H,17,18). The van der Waals surface area contributed by atoms with Crippen LogP contribution in [0, 0.1) is 0 Å². The summed E-state index contributed by atoms with van der Waals surface area (Å²) < 4.78 is 11.8. The number of carbonyl (C=O) groups is 1. The zero-order valence-corrected chi connectivity index (χ0v) is 13.3. The highest BCUT2D eigenvalue weighted by molar-refractivity contribution is 9.10. The lowest BCUT2D eigenvalue weighted by Gasteiger charge is -2.14. The molecule has 1 rings (SSSR count). The molecule has 2 N–H and O–H groups in total. The average molecular weight is 346 g/mol. The van der Waals surface area contributed by atoms with E-state index in [1.807, 2.05) is 19.1 Å². The zero-order valence-electron chi connectivity index (χ0n) is 11.7. The first-order valence-corrected chi connectivity index (χ1v) is 7.29. The number of rotatable bonds is 9. The number of carboxylic acids is 1. The summed E-state index contributed by atoms with van der Waals surface area (Å²) in [6, 6.07) is 3.84. The molecule has 0 unspecified atom stereocenters. The smallest absolute Gasteiger partial charge is 0.304 e. The van der Waals surface area contributed by atoms with E-state index in [1.165, 1.54) is 0 Å². The van der Waals surface area contributed by atoms with Crippen LogP contribution in [0.4, 0.5) is 0 Å². The zero-order chi connectivity index (χ0) is 15.0. The second kappa shape index (κ2) is 8.81. The monoisotopic (exact) mass is 345 g/mol. The Kier molecular flexibility index (Phi) is 7.40. The maximum Gasteiger partial charge on any atom is 0.304 e. The molecule has 1 aromatic carbocycles. The fourth-order valence-corrected chi connectivity index (χ4v) is 2.25. The number of hydrogen-bond donors (Lipinski definition) is 2. The molecule has 0 aliphatic carbocycles. The van der Waals surface area contributed by atoms with Crippen molar-refractivity contribution in [3.63, 3.8) is 0 Å². The van der Waals surface area contributed by atoms with Crippen LogP contribution < -0.4 is 14.8 Å². The Morgan fingerprint density at radius 2 is 2.20 bits per heavy atom. The summed E-state index contributed by atoms with van der Waals surface area (Å²) in [6.07, 6.45) is 1.03. The Labute approximate surface area is 127 Å². The molecule has 6 heteroatoms. The van der Waals surface area contributed by atoms with E-state index < -0.39 is 5.97 Å². The number of aliphatic carboxylic acids is 1. The summed E-state index contributed by atoms with van der Waals surface area (Å²) in [5.74, 6) is 0.561. The van der Waals surface area contributed by atoms with Gasteiger partial charge in [-0.15, -0.1) is 0 Å². The fraction of sp³-hybridized carbons (Fsp3) is 0.500. The first-order valence-electron chi connectivity index (χ1n) is 6.50. The van der Waals surface area contributed by atoms with Crippen molar-refractivity contribution in [1.82, 2.24) is 5.32 Å². The van der Waals surface area contributed by atoms with Crippen molar-refractivity contribution in [2.75, 3.05) is 20.3 Å². The highest BCUT2D eigenvalue weighted by Gasteiger charge is 2.11. The van der Waals surface area contributed by atoms with Gasteiger partial charge in [-0.3, -0.25) is 4.79 Å². The molecule has 20 heavy (non-hydrogen) atoms. The molecule has 0 fully saturated rings. The molecule has 0 saturated heterocycles. The molecule has 0 amide bonds. The largest absolute Gasteiger partial charge is 0.493 e. The molecular formula is C14H20BrNO4. The van der Waals surface area contributed by atoms with Gasteiger partial charge in [0.2, 0.25) is 0 Å². The number of nitrogens with one attached hydrogen (secondary N) is 1. The number of methoxy groups -OCH3 is 1. The van der Waals surface area contributed by atoms with Crippen LogP contribution >= 0.6 is 15.9 Å². The van der Waals surface area contributed by atoms with Gasteiger partial charge in [0.05, 0.1) is 24.6 Å². The van der Waals surface area contributed by atoms with Gasteiger partial charge < -0.3 is 19.9 Å². The first kappa shape index (κ1) is 16.8. The van der Waals surface area contributed by atoms with Crippen LogP contribution in [0.15, 0.2) is 16.6 Å². The van der Waals surface area contributed by atoms with E-state index >= 15 is 0 Å². The van der Waals surface area contributed by atoms with Crippen LogP contribution in [-0.2, 0) is 11.3 Å². The van der Waals surface area contributed by atoms with Crippen LogP contribution in [-0.4, -0.2) is 31.3 Å². The van der Waals surface area contributed by atoms with Gasteiger partial charge in [-0.1, -0.05) is 6.92 Å². The normalized spacial score (nSPS) is 10.3. The van der Waals surface area contributed by atoms with Crippen molar-refractivity contribution in [3.8, 4) is 11.5 Å². The molecule has 0 radical (unpaired) electrons. The highest BCUT2D eigenvalue weighted by Crippen LogP contribution is 2.36. The van der Waals surface area contributed by atoms with Gasteiger partial charge >= 0.3 is 5.97 Å². The molecule has 5 nitrogen and oxygen atoms in total. The maximum absolute atomic E-state index is 10.4. The van der Waals surface area contributed by atoms with Gasteiger partial charge in [0.25, 0.3) is 0 Å². The lowest BCUT2D eigenvalue weighted by molar-refractivity contribution is -0.136. The van der Waals surface area contributed by atoms with Gasteiger partial charge in [0, 0.05) is 13.1 Å². The van der Waals surface area contributed by atoms with Crippen LogP contribution in [0.1, 0.15) is 25.3 Å². The Morgan fingerprint density at radius 3 is 2.80 bits per heavy atom. The van der Waals surface area contributed by atoms with Crippen molar-refractivity contribution in [3.05, 3.63) is 22.2 Å². The first-order chi connectivity index (χ1) is 9.58. The quantitative estimate of drug-likeness (QED) is 0.673. The summed E-state index contributed by atoms with van der Waals surface area (Å²) in [4.78, 5) is 10.4. The topological polar surface area (TPSA) is 67.8 Å². The predicted octanol–water partition coefficient (Wildman–Crippen LogP) is 2.81. The summed E-state index contributed by atoms with van der Waals surface area (Å²) in [5, 5.41) is 11.6. The number of benzene rings is 1. The van der Waals surface area contributed by atoms with Crippen molar-refractivity contribution < 1.29 is 19.4 Å². The molecule has 0 aromatic heterocycles. The molecular weight excluding hydrogens is 326 g/mol. The fourth-order valence-electron chi connectivity index (χ4n) is 1.65. The Hall–Kier alpha value is -1.27. The predicted molar refractivity (Wildman–Crippen MR) is 80.4 cm³/mol. The minimum Gasteiger partial charge on any atom is -0.493 e. The van der Waals surface area contributed by atoms with Gasteiger partial charge in [0.1, 0.15) is 0 Å². The number of ether oxygens (including phenoxy) is 2. The van der Waals surface area contributed by atoms with Crippen molar-refractivity contribution in [2.24, 2.45) is 0 Å². The molecule has 0 spiro atoms. The third-order valence-corrected chi connectivity index (χ3v) is 3.17. The van der Waals surface area contributed by atoms with E-state index in [2.05, 4.69) is 21.2 Å². The Balaban J connectivity index is 2.69. The van der Waals surface area contributed by atoms with Crippen LogP contribution in [0.3, 0.4) is 0 Å². The van der Waals surface area contributed by atoms with E-state index in [0.717, 1.165) is 16.5 Å². The maximum atomic E-state index is 10.4. The van der Waals surface area contributed by atoms with E-state index in [9.17, 15) is 4.79 Å². The van der Waals surface area contributed by atoms with E-state index in [-0.39, 0.29) is 6.42 Å². The second-order valence-corrected chi connectivity index (χ2v) is 5.13. The molecule has 0 bridgehead atoms. The number of halogens is 1. The lowest BCUT2D eigenvalue weighted by Crippen LogP contribution is -2.17. The van der Waals surface area contributed by atoms with Gasteiger partial charge in [-0.05, 0) is 40.0 Å². The second-order valence-electron chi connectivity index (χ2n) is 4.28. The van der Waals surface area contributed by atoms with Gasteiger partial charge in [-0.2, -0.15) is 0 Å². The van der Waals surface area contributed by atoms with Crippen molar-refractivity contribution >= 4 is 21.9 Å². The molecule has 0 aliphatic rings. The third-order valence-electron chi connectivity index (χ3n) is 2.58. The van der Waals surface area contributed by atoms with Crippen molar-refractivity contribution in [2.45, 2.75) is 26.3 Å². The minimum atomic E-state index is -0.806. The molecule has 1 aromatic rings. The van der Waals surface area contributed by atoms with Gasteiger partial charge in [-0.25, -0.2) is 0 Å². The summed E-state index contributed by atoms with van der Waals surface area (Å²) in [7, 11) is 1.60. The molecule has 0 aliphatic heterocycles. The summed E-state index contributed by atoms with van der Waals surface area (Å²) in [5.41, 5.74) is 1.00. The highest BCUT2D eigenvalue weighted by atomic mass is 79.9. The molecule has 0 atom stereocenters. The SMILES string of the molecule is CCCOc1c(Br)cc(CNCCC(=O)O)cc1OC. The van der Waals surface area contributed by atoms with E-state index in [0.29, 0.717) is 31.2 Å². The lowest BCUT2D eigenvalue weighted by atomic mass is 10.2. The minimum absolute atomic E-state index is 0.107. The van der Waals surface area contributed by atoms with Gasteiger partial charge in [0.15, 0.2) is 11.5 Å². The third kappa shape index (κ3) is 5.38. The molecule has 112 valence electrons.